The molecule has 0 spiro atoms. The van der Waals surface area contributed by atoms with Gasteiger partial charge < -0.3 is 19.3 Å². The lowest BCUT2D eigenvalue weighted by Gasteiger charge is -2.17. The Morgan fingerprint density at radius 3 is 2.73 bits per heavy atom. The molecule has 3 aromatic heterocycles. The summed E-state index contributed by atoms with van der Waals surface area (Å²) in [5.41, 5.74) is 3.81. The first-order valence-electron chi connectivity index (χ1n) is 12.6. The molecule has 0 amide bonds. The molecular weight excluding hydrogens is 527 g/mol. The molecule has 0 saturated heterocycles. The van der Waals surface area contributed by atoms with Gasteiger partial charge in [-0.25, -0.2) is 14.2 Å². The molecule has 0 atom stereocenters. The molecular formula is C29H21FN8O3. The largest absolute Gasteiger partial charge is 0.478 e. The van der Waals surface area contributed by atoms with Crippen LogP contribution in [-0.2, 0) is 32.8 Å². The monoisotopic (exact) mass is 548 g/mol. The maximum Gasteiger partial charge on any atom is 0.335 e. The van der Waals surface area contributed by atoms with Crippen LogP contribution in [0.25, 0.3) is 11.0 Å². The Hall–Kier alpha value is -5.75. The van der Waals surface area contributed by atoms with E-state index >= 15 is 0 Å². The van der Waals surface area contributed by atoms with Crippen LogP contribution in [-0.4, -0.2) is 35.4 Å². The molecule has 0 aliphatic carbocycles. The van der Waals surface area contributed by atoms with E-state index in [2.05, 4.69) is 20.9 Å². The highest BCUT2D eigenvalue weighted by Crippen LogP contribution is 2.28. The minimum absolute atomic E-state index is 0.0188. The van der Waals surface area contributed by atoms with Gasteiger partial charge in [-0.15, -0.1) is 0 Å². The first-order chi connectivity index (χ1) is 19.9. The molecule has 202 valence electrons. The summed E-state index contributed by atoms with van der Waals surface area (Å²) in [4.78, 5) is 22.7. The third-order valence-corrected chi connectivity index (χ3v) is 6.82. The number of aromatic carboxylic acids is 1. The number of nitrogens with zero attached hydrogens (tertiary/aromatic N) is 8. The summed E-state index contributed by atoms with van der Waals surface area (Å²) < 4.78 is 23.4. The van der Waals surface area contributed by atoms with Gasteiger partial charge in [-0.1, -0.05) is 12.1 Å². The predicted molar refractivity (Wildman–Crippen MR) is 143 cm³/mol. The number of rotatable bonds is 8. The maximum atomic E-state index is 14.2. The lowest BCUT2D eigenvalue weighted by molar-refractivity contribution is 0.0697. The van der Waals surface area contributed by atoms with E-state index in [-0.39, 0.29) is 24.3 Å². The zero-order chi connectivity index (χ0) is 28.5. The molecule has 5 aromatic rings. The third kappa shape index (κ3) is 5.02. The van der Waals surface area contributed by atoms with Gasteiger partial charge >= 0.3 is 5.97 Å². The number of hydrogen-bond acceptors (Lipinski definition) is 8. The number of anilines is 1. The number of nitriles is 2. The Morgan fingerprint density at radius 1 is 1.10 bits per heavy atom. The van der Waals surface area contributed by atoms with Crippen molar-refractivity contribution in [1.29, 1.82) is 10.5 Å². The molecule has 1 aliphatic heterocycles. The van der Waals surface area contributed by atoms with E-state index in [4.69, 9.17) is 15.1 Å². The number of fused-ring (bicyclic) bond motifs is 2. The van der Waals surface area contributed by atoms with E-state index in [0.717, 1.165) is 11.3 Å². The molecule has 0 unspecified atom stereocenters. The second kappa shape index (κ2) is 10.4. The van der Waals surface area contributed by atoms with E-state index in [1.807, 2.05) is 24.4 Å². The van der Waals surface area contributed by atoms with E-state index in [9.17, 15) is 19.6 Å². The van der Waals surface area contributed by atoms with E-state index in [0.29, 0.717) is 53.8 Å². The second-order valence-electron chi connectivity index (χ2n) is 9.48. The van der Waals surface area contributed by atoms with Crippen molar-refractivity contribution in [3.63, 3.8) is 0 Å². The summed E-state index contributed by atoms with van der Waals surface area (Å²) in [7, 11) is 0. The number of pyridine rings is 1. The van der Waals surface area contributed by atoms with Gasteiger partial charge in [0.05, 0.1) is 53.1 Å². The Balaban J connectivity index is 1.15. The first kappa shape index (κ1) is 25.5. The standard InChI is InChI=1S/C29H21FN8O3/c30-22-10-18(12-32)4-5-20(22)17-41-28-3-1-2-26(34-28)36-13-21-14-37(35-24(21)15-36)16-27-33-23-7-6-19(29(39)40)11-25(23)38(27)9-8-31/h1-7,10-11,14H,9,13,15-17H2,(H,39,40). The number of benzene rings is 2. The number of carbonyl (C=O) groups is 1. The van der Waals surface area contributed by atoms with Gasteiger partial charge in [0, 0.05) is 29.9 Å². The molecule has 12 heteroatoms. The quantitative estimate of drug-likeness (QED) is 0.304. The zero-order valence-corrected chi connectivity index (χ0v) is 21.5. The Labute approximate surface area is 232 Å². The van der Waals surface area contributed by atoms with Crippen molar-refractivity contribution in [3.8, 4) is 18.0 Å². The smallest absolute Gasteiger partial charge is 0.335 e. The van der Waals surface area contributed by atoms with Crippen LogP contribution in [0, 0.1) is 28.5 Å². The summed E-state index contributed by atoms with van der Waals surface area (Å²) in [6.07, 6.45) is 1.93. The first-order valence-corrected chi connectivity index (χ1v) is 12.6. The fourth-order valence-corrected chi connectivity index (χ4v) is 4.82. The summed E-state index contributed by atoms with van der Waals surface area (Å²) in [5, 5.41) is 32.3. The molecule has 0 saturated carbocycles. The van der Waals surface area contributed by atoms with Gasteiger partial charge in [0.15, 0.2) is 0 Å². The summed E-state index contributed by atoms with van der Waals surface area (Å²) in [6, 6.07) is 18.3. The van der Waals surface area contributed by atoms with Crippen molar-refractivity contribution in [2.24, 2.45) is 0 Å². The van der Waals surface area contributed by atoms with Crippen molar-refractivity contribution in [2.45, 2.75) is 32.8 Å². The fraction of sp³-hybridized carbons (Fsp3) is 0.172. The molecule has 1 aliphatic rings. The minimum Gasteiger partial charge on any atom is -0.478 e. The number of ether oxygens (including phenoxy) is 1. The van der Waals surface area contributed by atoms with Crippen LogP contribution >= 0.6 is 0 Å². The van der Waals surface area contributed by atoms with Crippen molar-refractivity contribution >= 4 is 22.8 Å². The molecule has 41 heavy (non-hydrogen) atoms. The van der Waals surface area contributed by atoms with Gasteiger partial charge in [-0.2, -0.15) is 20.6 Å². The number of aromatic nitrogens is 5. The maximum absolute atomic E-state index is 14.2. The van der Waals surface area contributed by atoms with E-state index < -0.39 is 11.8 Å². The Bertz CT molecular complexity index is 1880. The van der Waals surface area contributed by atoms with Crippen LogP contribution in [0.15, 0.2) is 60.8 Å². The Kier molecular flexibility index (Phi) is 6.49. The molecule has 4 heterocycles. The molecule has 0 fully saturated rings. The van der Waals surface area contributed by atoms with Crippen molar-refractivity contribution in [1.82, 2.24) is 24.3 Å². The highest BCUT2D eigenvalue weighted by atomic mass is 19.1. The molecule has 0 radical (unpaired) electrons. The minimum atomic E-state index is -1.04. The van der Waals surface area contributed by atoms with Gasteiger partial charge in [0.1, 0.15) is 30.6 Å². The van der Waals surface area contributed by atoms with Crippen LogP contribution < -0.4 is 9.64 Å². The highest BCUT2D eigenvalue weighted by molar-refractivity contribution is 5.92. The van der Waals surface area contributed by atoms with Crippen molar-refractivity contribution in [2.75, 3.05) is 4.90 Å². The van der Waals surface area contributed by atoms with Gasteiger partial charge in [-0.3, -0.25) is 4.68 Å². The number of carboxylic acid groups (broad SMARTS) is 1. The molecule has 2 aromatic carbocycles. The topological polar surface area (TPSA) is 146 Å². The number of hydrogen-bond donors (Lipinski definition) is 1. The lowest BCUT2D eigenvalue weighted by Crippen LogP contribution is -2.18. The number of halogens is 1. The van der Waals surface area contributed by atoms with Crippen LogP contribution in [0.3, 0.4) is 0 Å². The van der Waals surface area contributed by atoms with Crippen LogP contribution in [0.5, 0.6) is 5.88 Å². The number of imidazole rings is 1. The second-order valence-corrected chi connectivity index (χ2v) is 9.48. The highest BCUT2D eigenvalue weighted by Gasteiger charge is 2.25. The summed E-state index contributed by atoms with van der Waals surface area (Å²) in [5.74, 6) is 0.0985. The van der Waals surface area contributed by atoms with Gasteiger partial charge in [0.2, 0.25) is 5.88 Å². The molecule has 1 N–H and O–H groups in total. The summed E-state index contributed by atoms with van der Waals surface area (Å²) in [6.45, 7) is 1.44. The van der Waals surface area contributed by atoms with Crippen LogP contribution in [0.2, 0.25) is 0 Å². The molecule has 6 rings (SSSR count). The number of carboxylic acids is 1. The Morgan fingerprint density at radius 2 is 1.98 bits per heavy atom. The average molecular weight is 549 g/mol. The molecule has 11 nitrogen and oxygen atoms in total. The van der Waals surface area contributed by atoms with E-state index in [1.165, 1.54) is 24.3 Å². The van der Waals surface area contributed by atoms with Crippen LogP contribution in [0.1, 0.15) is 38.6 Å². The van der Waals surface area contributed by atoms with Crippen molar-refractivity contribution in [3.05, 3.63) is 100 Å². The normalized spacial score (nSPS) is 12.2. The average Bonchev–Trinajstić information content (AvgIpc) is 3.64. The lowest BCUT2D eigenvalue weighted by atomic mass is 10.1. The van der Waals surface area contributed by atoms with Crippen LogP contribution in [0.4, 0.5) is 10.2 Å². The molecule has 0 bridgehead atoms. The summed E-state index contributed by atoms with van der Waals surface area (Å²) >= 11 is 0. The predicted octanol–water partition coefficient (Wildman–Crippen LogP) is 4.01. The van der Waals surface area contributed by atoms with Gasteiger partial charge in [0.25, 0.3) is 0 Å². The van der Waals surface area contributed by atoms with Crippen molar-refractivity contribution < 1.29 is 19.0 Å². The SMILES string of the molecule is N#CCn1c(Cn2cc3c(n2)CN(c2cccc(OCc4ccc(C#N)cc4F)n2)C3)nc2ccc(C(=O)O)cc21. The fourth-order valence-electron chi connectivity index (χ4n) is 4.82. The van der Waals surface area contributed by atoms with E-state index in [1.54, 1.807) is 27.4 Å². The zero-order valence-electron chi connectivity index (χ0n) is 21.5. The van der Waals surface area contributed by atoms with Gasteiger partial charge in [-0.05, 0) is 36.4 Å². The third-order valence-electron chi connectivity index (χ3n) is 6.82.